The van der Waals surface area contributed by atoms with Crippen LogP contribution in [-0.4, -0.2) is 31.7 Å². The molecule has 9 nitrogen and oxygen atoms in total. The van der Waals surface area contributed by atoms with Crippen molar-refractivity contribution >= 4 is 33.4 Å². The number of imidazole rings is 1. The molecule has 0 aliphatic heterocycles. The minimum absolute atomic E-state index is 0. The van der Waals surface area contributed by atoms with Crippen molar-refractivity contribution in [3.8, 4) is 12.3 Å². The Balaban J connectivity index is 0.00000300. The average molecular weight is 439 g/mol. The second-order valence-corrected chi connectivity index (χ2v) is 7.37. The van der Waals surface area contributed by atoms with E-state index in [0.717, 1.165) is 4.57 Å². The van der Waals surface area contributed by atoms with E-state index in [4.69, 9.17) is 6.42 Å². The first kappa shape index (κ1) is 23.5. The van der Waals surface area contributed by atoms with Crippen LogP contribution in [0.4, 0.5) is 0 Å². The van der Waals surface area contributed by atoms with Gasteiger partial charge in [0, 0.05) is 14.1 Å². The van der Waals surface area contributed by atoms with Crippen molar-refractivity contribution in [1.29, 1.82) is 0 Å². The van der Waals surface area contributed by atoms with Gasteiger partial charge in [0.25, 0.3) is 5.56 Å². The molecule has 0 radical (unpaired) electrons. The van der Waals surface area contributed by atoms with E-state index in [1.807, 2.05) is 0 Å². The molecule has 0 N–H and O–H groups in total. The molecule has 0 fully saturated rings. The van der Waals surface area contributed by atoms with Crippen molar-refractivity contribution in [2.75, 3.05) is 0 Å². The number of aromatic nitrogens is 4. The van der Waals surface area contributed by atoms with E-state index in [2.05, 4.69) is 10.9 Å². The maximum Gasteiger partial charge on any atom is 1.00 e. The van der Waals surface area contributed by atoms with Crippen LogP contribution in [0.5, 0.6) is 0 Å². The maximum atomic E-state index is 12.6. The van der Waals surface area contributed by atoms with Gasteiger partial charge in [0.1, 0.15) is 15.9 Å². The molecular formula is C18H15KN4O5S. The molecule has 2 aromatic heterocycles. The van der Waals surface area contributed by atoms with Crippen LogP contribution in [-0.2, 0) is 30.8 Å². The Labute approximate surface area is 208 Å². The van der Waals surface area contributed by atoms with Gasteiger partial charge in [-0.15, -0.1) is 6.42 Å². The van der Waals surface area contributed by atoms with Crippen molar-refractivity contribution in [2.24, 2.45) is 14.1 Å². The summed E-state index contributed by atoms with van der Waals surface area (Å²) in [5.41, 5.74) is -0.0182. The molecule has 11 heteroatoms. The predicted molar refractivity (Wildman–Crippen MR) is 102 cm³/mol. The number of nitrogens with zero attached hydrogens (tertiary/aromatic N) is 4. The van der Waals surface area contributed by atoms with Crippen molar-refractivity contribution in [1.82, 2.24) is 18.7 Å². The zero-order valence-corrected chi connectivity index (χ0v) is 19.9. The van der Waals surface area contributed by atoms with Gasteiger partial charge in [0.05, 0.1) is 11.4 Å². The number of hydrogen-bond acceptors (Lipinski definition) is 6. The standard InChI is InChI=1S/C18H16N4O5S.K/c1-4-11-22-17(23)15-16(21(3)18(22)24)19-14(20(15)2)10-7-12-5-8-13(9-6-12)28(25,26)27;/h1,5-10H,11H2,2-3H3,(H,25,26,27);/q;+1/p-1/b10-7+;. The summed E-state index contributed by atoms with van der Waals surface area (Å²) < 4.78 is 36.7. The summed E-state index contributed by atoms with van der Waals surface area (Å²) >= 11 is 0. The molecule has 144 valence electrons. The van der Waals surface area contributed by atoms with Crippen molar-refractivity contribution in [3.63, 3.8) is 0 Å². The molecular weight excluding hydrogens is 423 g/mol. The Morgan fingerprint density at radius 1 is 1.14 bits per heavy atom. The molecule has 1 aromatic carbocycles. The summed E-state index contributed by atoms with van der Waals surface area (Å²) in [7, 11) is -1.37. The van der Waals surface area contributed by atoms with E-state index in [1.165, 1.54) is 40.4 Å². The largest absolute Gasteiger partial charge is 1.00 e. The van der Waals surface area contributed by atoms with Crippen LogP contribution in [0.3, 0.4) is 0 Å². The minimum Gasteiger partial charge on any atom is -0.744 e. The number of aryl methyl sites for hydroxylation is 2. The van der Waals surface area contributed by atoms with Gasteiger partial charge in [-0.05, 0) is 23.8 Å². The third-order valence-corrected chi connectivity index (χ3v) is 5.09. The maximum absolute atomic E-state index is 12.6. The summed E-state index contributed by atoms with van der Waals surface area (Å²) in [4.78, 5) is 28.9. The third-order valence-electron chi connectivity index (χ3n) is 4.24. The molecule has 0 saturated carbocycles. The van der Waals surface area contributed by atoms with E-state index in [9.17, 15) is 22.6 Å². The predicted octanol–water partition coefficient (Wildman–Crippen LogP) is -2.85. The summed E-state index contributed by atoms with van der Waals surface area (Å²) in [6, 6.07) is 5.36. The van der Waals surface area contributed by atoms with E-state index in [-0.39, 0.29) is 74.0 Å². The summed E-state index contributed by atoms with van der Waals surface area (Å²) in [6.45, 7) is -0.146. The molecule has 2 heterocycles. The van der Waals surface area contributed by atoms with Gasteiger partial charge in [-0.2, -0.15) is 0 Å². The van der Waals surface area contributed by atoms with E-state index >= 15 is 0 Å². The Kier molecular flexibility index (Phi) is 7.23. The smallest absolute Gasteiger partial charge is 0.744 e. The second-order valence-electron chi connectivity index (χ2n) is 5.99. The molecule has 0 aliphatic rings. The van der Waals surface area contributed by atoms with Crippen molar-refractivity contribution < 1.29 is 64.4 Å². The van der Waals surface area contributed by atoms with Crippen molar-refractivity contribution in [3.05, 3.63) is 56.5 Å². The fourth-order valence-electron chi connectivity index (χ4n) is 2.76. The van der Waals surface area contributed by atoms with Crippen LogP contribution < -0.4 is 62.6 Å². The minimum atomic E-state index is -4.51. The fraction of sp³-hybridized carbons (Fsp3) is 0.167. The Hall–Kier alpha value is -1.78. The van der Waals surface area contributed by atoms with Gasteiger partial charge < -0.3 is 9.12 Å². The fourth-order valence-corrected chi connectivity index (χ4v) is 3.23. The SMILES string of the molecule is C#CCn1c(=O)c2c(nc(/C=C/c3ccc(S(=O)(=O)[O-])cc3)n2C)n(C)c1=O.[K+]. The Bertz CT molecular complexity index is 1370. The molecule has 0 unspecified atom stereocenters. The molecule has 3 rings (SSSR count). The molecule has 0 spiro atoms. The zero-order valence-electron chi connectivity index (χ0n) is 16.0. The molecule has 29 heavy (non-hydrogen) atoms. The monoisotopic (exact) mass is 438 g/mol. The Morgan fingerprint density at radius 2 is 1.76 bits per heavy atom. The van der Waals surface area contributed by atoms with Gasteiger partial charge in [-0.3, -0.25) is 9.36 Å². The normalized spacial score (nSPS) is 11.5. The van der Waals surface area contributed by atoms with Gasteiger partial charge in [0.15, 0.2) is 11.2 Å². The number of hydrogen-bond donors (Lipinski definition) is 0. The van der Waals surface area contributed by atoms with Gasteiger partial charge in [-0.1, -0.05) is 24.1 Å². The average Bonchev–Trinajstić information content (AvgIpc) is 2.98. The van der Waals surface area contributed by atoms with Gasteiger partial charge in [0.2, 0.25) is 0 Å². The van der Waals surface area contributed by atoms with Gasteiger partial charge >= 0.3 is 57.1 Å². The van der Waals surface area contributed by atoms with Crippen LogP contribution in [0, 0.1) is 12.3 Å². The molecule has 0 saturated heterocycles. The molecule has 0 aliphatic carbocycles. The topological polar surface area (TPSA) is 119 Å². The number of terminal acetylenes is 1. The van der Waals surface area contributed by atoms with E-state index in [0.29, 0.717) is 11.4 Å². The first-order valence-electron chi connectivity index (χ1n) is 7.99. The second kappa shape index (κ2) is 8.93. The first-order valence-corrected chi connectivity index (χ1v) is 9.39. The van der Waals surface area contributed by atoms with Crippen molar-refractivity contribution in [2.45, 2.75) is 11.4 Å². The molecule has 0 bridgehead atoms. The number of fused-ring (bicyclic) bond motifs is 1. The van der Waals surface area contributed by atoms with Gasteiger partial charge in [-0.25, -0.2) is 22.8 Å². The van der Waals surface area contributed by atoms with Crippen LogP contribution >= 0.6 is 0 Å². The van der Waals surface area contributed by atoms with E-state index < -0.39 is 21.4 Å². The molecule has 0 atom stereocenters. The quantitative estimate of drug-likeness (QED) is 0.246. The number of benzene rings is 1. The summed E-state index contributed by atoms with van der Waals surface area (Å²) in [5, 5.41) is 0. The third kappa shape index (κ3) is 4.54. The van der Waals surface area contributed by atoms with Crippen LogP contribution in [0.1, 0.15) is 11.4 Å². The molecule has 3 aromatic rings. The Morgan fingerprint density at radius 3 is 2.31 bits per heavy atom. The van der Waals surface area contributed by atoms with Crippen LogP contribution in [0.15, 0.2) is 38.8 Å². The zero-order chi connectivity index (χ0) is 20.6. The van der Waals surface area contributed by atoms with Crippen LogP contribution in [0.25, 0.3) is 23.3 Å². The number of rotatable bonds is 4. The molecule has 0 amide bonds. The van der Waals surface area contributed by atoms with Crippen LogP contribution in [0.2, 0.25) is 0 Å². The van der Waals surface area contributed by atoms with E-state index in [1.54, 1.807) is 19.2 Å². The summed E-state index contributed by atoms with van der Waals surface area (Å²) in [5.74, 6) is 2.69. The summed E-state index contributed by atoms with van der Waals surface area (Å²) in [6.07, 6.45) is 8.48. The first-order chi connectivity index (χ1) is 13.1.